The van der Waals surface area contributed by atoms with E-state index in [-0.39, 0.29) is 6.42 Å². The molecule has 0 aromatic carbocycles. The maximum absolute atomic E-state index is 10.7. The fraction of sp³-hybridized carbons (Fsp3) is 0.600. The minimum atomic E-state index is -0.815. The summed E-state index contributed by atoms with van der Waals surface area (Å²) in [5, 5.41) is 8.76. The smallest absolute Gasteiger partial charge is 0.309 e. The van der Waals surface area contributed by atoms with Gasteiger partial charge in [-0.3, -0.25) is 4.79 Å². The molecule has 0 spiro atoms. The number of likely N-dealkylation sites (N-methyl/N-ethyl adjacent to an activating group) is 1. The third-order valence-corrected chi connectivity index (χ3v) is 2.26. The molecule has 0 unspecified atom stereocenters. The van der Waals surface area contributed by atoms with Crippen LogP contribution in [-0.2, 0) is 17.8 Å². The average Bonchev–Trinajstić information content (AvgIpc) is 2.44. The van der Waals surface area contributed by atoms with Crippen molar-refractivity contribution in [1.29, 1.82) is 0 Å². The van der Waals surface area contributed by atoms with Crippen molar-refractivity contribution in [3.05, 3.63) is 17.7 Å². The zero-order chi connectivity index (χ0) is 11.4. The summed E-state index contributed by atoms with van der Waals surface area (Å²) in [4.78, 5) is 16.8. The summed E-state index contributed by atoms with van der Waals surface area (Å²) in [6, 6.07) is 0. The van der Waals surface area contributed by atoms with E-state index in [2.05, 4.69) is 9.88 Å². The van der Waals surface area contributed by atoms with Gasteiger partial charge in [0.25, 0.3) is 0 Å². The van der Waals surface area contributed by atoms with Crippen molar-refractivity contribution in [2.24, 2.45) is 0 Å². The molecule has 5 nitrogen and oxygen atoms in total. The second kappa shape index (κ2) is 4.93. The molecule has 1 heterocycles. The molecule has 0 radical (unpaired) electrons. The molecule has 0 aliphatic carbocycles. The van der Waals surface area contributed by atoms with Gasteiger partial charge in [0, 0.05) is 13.1 Å². The lowest BCUT2D eigenvalue weighted by molar-refractivity contribution is -0.136. The summed E-state index contributed by atoms with van der Waals surface area (Å²) < 4.78 is 1.91. The highest BCUT2D eigenvalue weighted by Gasteiger charge is 2.10. The van der Waals surface area contributed by atoms with Gasteiger partial charge in [-0.15, -0.1) is 0 Å². The number of aryl methyl sites for hydroxylation is 1. The van der Waals surface area contributed by atoms with Gasteiger partial charge in [-0.25, -0.2) is 4.98 Å². The molecule has 0 atom stereocenters. The highest BCUT2D eigenvalue weighted by Crippen LogP contribution is 2.07. The summed E-state index contributed by atoms with van der Waals surface area (Å²) in [5.41, 5.74) is 1.60. The van der Waals surface area contributed by atoms with Gasteiger partial charge in [0.1, 0.15) is 0 Å². The monoisotopic (exact) mass is 211 g/mol. The zero-order valence-electron chi connectivity index (χ0n) is 9.40. The normalized spacial score (nSPS) is 10.9. The molecule has 0 fully saturated rings. The number of carbonyl (C=O) groups is 1. The molecule has 1 aromatic heterocycles. The molecule has 5 heteroatoms. The predicted molar refractivity (Wildman–Crippen MR) is 56.9 cm³/mol. The second-order valence-electron chi connectivity index (χ2n) is 3.84. The van der Waals surface area contributed by atoms with Gasteiger partial charge in [0.15, 0.2) is 0 Å². The van der Waals surface area contributed by atoms with Crippen molar-refractivity contribution < 1.29 is 9.90 Å². The molecular weight excluding hydrogens is 194 g/mol. The van der Waals surface area contributed by atoms with Crippen LogP contribution in [0.1, 0.15) is 11.4 Å². The lowest BCUT2D eigenvalue weighted by Gasteiger charge is -2.12. The first-order chi connectivity index (χ1) is 7.00. The minimum Gasteiger partial charge on any atom is -0.481 e. The molecule has 0 aliphatic heterocycles. The third-order valence-electron chi connectivity index (χ3n) is 2.26. The van der Waals surface area contributed by atoms with Crippen molar-refractivity contribution in [3.63, 3.8) is 0 Å². The third kappa shape index (κ3) is 3.36. The first-order valence-electron chi connectivity index (χ1n) is 4.88. The Bertz CT molecular complexity index is 344. The van der Waals surface area contributed by atoms with Crippen LogP contribution in [0, 0.1) is 6.92 Å². The Morgan fingerprint density at radius 1 is 1.60 bits per heavy atom. The van der Waals surface area contributed by atoms with E-state index in [0.717, 1.165) is 24.5 Å². The number of hydrogen-bond donors (Lipinski definition) is 1. The van der Waals surface area contributed by atoms with E-state index in [0.29, 0.717) is 0 Å². The van der Waals surface area contributed by atoms with Crippen LogP contribution < -0.4 is 0 Å². The molecule has 84 valence electrons. The molecule has 0 saturated carbocycles. The highest BCUT2D eigenvalue weighted by molar-refractivity contribution is 5.69. The number of imidazole rings is 1. The Morgan fingerprint density at radius 3 is 2.80 bits per heavy atom. The molecule has 1 aromatic rings. The predicted octanol–water partition coefficient (Wildman–Crippen LogP) is 0.380. The number of carboxylic acids is 1. The summed E-state index contributed by atoms with van der Waals surface area (Å²) in [5.74, 6) is -0.815. The van der Waals surface area contributed by atoms with Crippen LogP contribution in [-0.4, -0.2) is 46.2 Å². The van der Waals surface area contributed by atoms with E-state index in [1.54, 1.807) is 6.33 Å². The molecular formula is C10H17N3O2. The molecule has 0 aliphatic rings. The Morgan fingerprint density at radius 2 is 2.27 bits per heavy atom. The van der Waals surface area contributed by atoms with E-state index >= 15 is 0 Å². The summed E-state index contributed by atoms with van der Waals surface area (Å²) in [6.45, 7) is 3.49. The van der Waals surface area contributed by atoms with Crippen LogP contribution >= 0.6 is 0 Å². The average molecular weight is 211 g/mol. The van der Waals surface area contributed by atoms with Crippen LogP contribution in [0.4, 0.5) is 0 Å². The van der Waals surface area contributed by atoms with Crippen molar-refractivity contribution in [2.75, 3.05) is 20.6 Å². The number of rotatable bonds is 5. The molecule has 0 amide bonds. The maximum Gasteiger partial charge on any atom is 0.309 e. The van der Waals surface area contributed by atoms with Gasteiger partial charge in [-0.2, -0.15) is 0 Å². The number of aromatic nitrogens is 2. The number of nitrogens with zero attached hydrogens (tertiary/aromatic N) is 3. The largest absolute Gasteiger partial charge is 0.481 e. The lowest BCUT2D eigenvalue weighted by atomic mass is 10.2. The van der Waals surface area contributed by atoms with Gasteiger partial charge in [0.05, 0.1) is 24.1 Å². The Hall–Kier alpha value is -1.36. The minimum absolute atomic E-state index is 0.0409. The zero-order valence-corrected chi connectivity index (χ0v) is 9.40. The van der Waals surface area contributed by atoms with Crippen LogP contribution in [0.15, 0.2) is 6.33 Å². The van der Waals surface area contributed by atoms with Crippen molar-refractivity contribution in [2.45, 2.75) is 19.9 Å². The quantitative estimate of drug-likeness (QED) is 0.765. The van der Waals surface area contributed by atoms with Gasteiger partial charge in [-0.1, -0.05) is 0 Å². The number of hydrogen-bond acceptors (Lipinski definition) is 3. The molecule has 0 saturated heterocycles. The number of aliphatic carboxylic acids is 1. The second-order valence-corrected chi connectivity index (χ2v) is 3.84. The van der Waals surface area contributed by atoms with E-state index in [1.807, 2.05) is 25.6 Å². The standard InChI is InChI=1S/C10H17N3O2/c1-8-9(6-10(14)15)13(7-11-8)5-4-12(2)3/h7H,4-6H2,1-3H3,(H,14,15). The van der Waals surface area contributed by atoms with Crippen molar-refractivity contribution in [1.82, 2.24) is 14.5 Å². The lowest BCUT2D eigenvalue weighted by Crippen LogP contribution is -2.20. The van der Waals surface area contributed by atoms with Gasteiger partial charge >= 0.3 is 5.97 Å². The Kier molecular flexibility index (Phi) is 3.85. The molecule has 1 rings (SSSR count). The first kappa shape index (κ1) is 11.7. The molecule has 0 bridgehead atoms. The van der Waals surface area contributed by atoms with Crippen LogP contribution in [0.3, 0.4) is 0 Å². The van der Waals surface area contributed by atoms with E-state index in [4.69, 9.17) is 5.11 Å². The van der Waals surface area contributed by atoms with Crippen molar-refractivity contribution >= 4 is 5.97 Å². The topological polar surface area (TPSA) is 58.4 Å². The SMILES string of the molecule is Cc1ncn(CCN(C)C)c1CC(=O)O. The molecule has 15 heavy (non-hydrogen) atoms. The van der Waals surface area contributed by atoms with E-state index < -0.39 is 5.97 Å². The van der Waals surface area contributed by atoms with E-state index in [9.17, 15) is 4.79 Å². The highest BCUT2D eigenvalue weighted by atomic mass is 16.4. The van der Waals surface area contributed by atoms with Gasteiger partial charge in [0.2, 0.25) is 0 Å². The summed E-state index contributed by atoms with van der Waals surface area (Å²) in [7, 11) is 3.97. The maximum atomic E-state index is 10.7. The van der Waals surface area contributed by atoms with E-state index in [1.165, 1.54) is 0 Å². The summed E-state index contributed by atoms with van der Waals surface area (Å²) >= 11 is 0. The fourth-order valence-electron chi connectivity index (χ4n) is 1.38. The number of carboxylic acid groups (broad SMARTS) is 1. The summed E-state index contributed by atoms with van der Waals surface area (Å²) in [6.07, 6.45) is 1.75. The van der Waals surface area contributed by atoms with Crippen LogP contribution in [0.2, 0.25) is 0 Å². The van der Waals surface area contributed by atoms with Crippen molar-refractivity contribution in [3.8, 4) is 0 Å². The Balaban J connectivity index is 2.74. The fourth-order valence-corrected chi connectivity index (χ4v) is 1.38. The van der Waals surface area contributed by atoms with Gasteiger partial charge in [-0.05, 0) is 21.0 Å². The Labute approximate surface area is 89.3 Å². The van der Waals surface area contributed by atoms with Crippen LogP contribution in [0.5, 0.6) is 0 Å². The van der Waals surface area contributed by atoms with Crippen LogP contribution in [0.25, 0.3) is 0 Å². The van der Waals surface area contributed by atoms with Gasteiger partial charge < -0.3 is 14.6 Å². The molecule has 1 N–H and O–H groups in total. The first-order valence-corrected chi connectivity index (χ1v) is 4.88.